The Balaban J connectivity index is 1.65. The number of hydrazone groups is 1. The van der Waals surface area contributed by atoms with Gasteiger partial charge in [-0.1, -0.05) is 24.3 Å². The molecule has 1 aliphatic rings. The Bertz CT molecular complexity index is 1040. The lowest BCUT2D eigenvalue weighted by molar-refractivity contribution is -0.145. The zero-order chi connectivity index (χ0) is 20.9. The lowest BCUT2D eigenvalue weighted by Crippen LogP contribution is -2.27. The number of esters is 1. The third-order valence-electron chi connectivity index (χ3n) is 4.58. The van der Waals surface area contributed by atoms with E-state index >= 15 is 0 Å². The van der Waals surface area contributed by atoms with Crippen LogP contribution in [0.4, 0.5) is 0 Å². The summed E-state index contributed by atoms with van der Waals surface area (Å²) in [6.07, 6.45) is 1.98. The molecule has 7 nitrogen and oxygen atoms in total. The summed E-state index contributed by atoms with van der Waals surface area (Å²) in [6, 6.07) is 14.1. The normalized spacial score (nSPS) is 15.7. The fourth-order valence-electron chi connectivity index (χ4n) is 3.27. The molecule has 1 atom stereocenters. The summed E-state index contributed by atoms with van der Waals surface area (Å²) in [5.41, 5.74) is 1.58. The van der Waals surface area contributed by atoms with Crippen molar-refractivity contribution in [3.05, 3.63) is 76.4 Å². The van der Waals surface area contributed by atoms with Crippen LogP contribution in [-0.2, 0) is 9.53 Å². The number of carbonyl (C=O) groups excluding carboxylic acids is 2. The molecule has 0 fully saturated rings. The number of para-hydroxylation sites is 1. The van der Waals surface area contributed by atoms with Gasteiger partial charge in [-0.2, -0.15) is 5.10 Å². The van der Waals surface area contributed by atoms with E-state index in [0.29, 0.717) is 12.2 Å². The maximum Gasteiger partial charge on any atom is 0.344 e. The van der Waals surface area contributed by atoms with Crippen LogP contribution in [0.3, 0.4) is 0 Å². The lowest BCUT2D eigenvalue weighted by Gasteiger charge is -2.23. The number of nitrogens with zero attached hydrogens (tertiary/aromatic N) is 2. The Morgan fingerprint density at radius 2 is 2.07 bits per heavy atom. The molecule has 0 spiro atoms. The molecule has 3 aromatic rings. The molecule has 3 heterocycles. The van der Waals surface area contributed by atoms with Gasteiger partial charge in [-0.3, -0.25) is 4.79 Å². The first kappa shape index (κ1) is 19.9. The number of ether oxygens (including phenoxy) is 2. The number of hydrogen-bond acceptors (Lipinski definition) is 7. The fraction of sp³-hybridized carbons (Fsp3) is 0.227. The van der Waals surface area contributed by atoms with Gasteiger partial charge in [0.15, 0.2) is 12.4 Å². The zero-order valence-electron chi connectivity index (χ0n) is 16.3. The van der Waals surface area contributed by atoms with Gasteiger partial charge in [0.2, 0.25) is 0 Å². The summed E-state index contributed by atoms with van der Waals surface area (Å²) in [5.74, 6) is -0.0638. The van der Waals surface area contributed by atoms with Crippen LogP contribution in [-0.4, -0.2) is 35.8 Å². The second kappa shape index (κ2) is 8.96. The van der Waals surface area contributed by atoms with Crippen LogP contribution < -0.4 is 4.74 Å². The van der Waals surface area contributed by atoms with Crippen molar-refractivity contribution < 1.29 is 23.5 Å². The number of benzene rings is 1. The van der Waals surface area contributed by atoms with E-state index in [0.717, 1.165) is 16.2 Å². The van der Waals surface area contributed by atoms with Gasteiger partial charge >= 0.3 is 11.9 Å². The number of amides is 1. The third kappa shape index (κ3) is 4.13. The standard InChI is InChI=1S/C22H20N2O5S/c1-2-27-21(25)14-29-18-8-4-3-7-15(18)17-13-16(20-10-6-12-30-20)23-24(17)22(26)19-9-5-11-28-19/h3-12,17H,2,13-14H2,1H3/t17-/m1/s1. The van der Waals surface area contributed by atoms with E-state index < -0.39 is 12.0 Å². The van der Waals surface area contributed by atoms with E-state index in [1.807, 2.05) is 35.7 Å². The van der Waals surface area contributed by atoms with Crippen molar-refractivity contribution in [2.75, 3.05) is 13.2 Å². The van der Waals surface area contributed by atoms with E-state index in [2.05, 4.69) is 5.10 Å². The van der Waals surface area contributed by atoms with E-state index in [1.54, 1.807) is 36.5 Å². The summed E-state index contributed by atoms with van der Waals surface area (Å²) in [6.45, 7) is 1.82. The minimum absolute atomic E-state index is 0.206. The summed E-state index contributed by atoms with van der Waals surface area (Å²) in [4.78, 5) is 25.8. The average molecular weight is 424 g/mol. The minimum Gasteiger partial charge on any atom is -0.482 e. The number of carbonyl (C=O) groups is 2. The Hall–Kier alpha value is -3.39. The SMILES string of the molecule is CCOC(=O)COc1ccccc1[C@H]1CC(c2cccs2)=NN1C(=O)c1ccco1. The van der Waals surface area contributed by atoms with E-state index in [-0.39, 0.29) is 24.9 Å². The third-order valence-corrected chi connectivity index (χ3v) is 5.50. The Labute approximate surface area is 177 Å². The Kier molecular flexibility index (Phi) is 5.94. The Morgan fingerprint density at radius 3 is 2.80 bits per heavy atom. The quantitative estimate of drug-likeness (QED) is 0.529. The second-order valence-corrected chi connectivity index (χ2v) is 7.45. The van der Waals surface area contributed by atoms with Gasteiger partial charge in [-0.05, 0) is 36.6 Å². The predicted molar refractivity (Wildman–Crippen MR) is 112 cm³/mol. The monoisotopic (exact) mass is 424 g/mol. The van der Waals surface area contributed by atoms with Gasteiger partial charge in [0, 0.05) is 12.0 Å². The molecule has 154 valence electrons. The number of thiophene rings is 1. The highest BCUT2D eigenvalue weighted by molar-refractivity contribution is 7.12. The van der Waals surface area contributed by atoms with Crippen LogP contribution >= 0.6 is 11.3 Å². The van der Waals surface area contributed by atoms with Crippen LogP contribution in [0.5, 0.6) is 5.75 Å². The number of furan rings is 1. The maximum absolute atomic E-state index is 13.1. The molecule has 4 rings (SSSR count). The van der Waals surface area contributed by atoms with Crippen LogP contribution in [0.1, 0.15) is 40.4 Å². The zero-order valence-corrected chi connectivity index (χ0v) is 17.1. The first-order valence-electron chi connectivity index (χ1n) is 9.53. The summed E-state index contributed by atoms with van der Waals surface area (Å²) in [5, 5.41) is 8.02. The Morgan fingerprint density at radius 1 is 1.20 bits per heavy atom. The summed E-state index contributed by atoms with van der Waals surface area (Å²) in [7, 11) is 0. The number of rotatable bonds is 7. The highest BCUT2D eigenvalue weighted by Gasteiger charge is 2.36. The van der Waals surface area contributed by atoms with Gasteiger partial charge in [0.05, 0.1) is 29.5 Å². The van der Waals surface area contributed by atoms with Crippen molar-refractivity contribution in [2.45, 2.75) is 19.4 Å². The molecule has 0 radical (unpaired) electrons. The van der Waals surface area contributed by atoms with Crippen LogP contribution in [0, 0.1) is 0 Å². The molecule has 1 aromatic carbocycles. The molecule has 0 aliphatic carbocycles. The highest BCUT2D eigenvalue weighted by Crippen LogP contribution is 2.38. The van der Waals surface area contributed by atoms with Crippen molar-refractivity contribution in [3.63, 3.8) is 0 Å². The van der Waals surface area contributed by atoms with Crippen LogP contribution in [0.2, 0.25) is 0 Å². The molecule has 0 unspecified atom stereocenters. The smallest absolute Gasteiger partial charge is 0.344 e. The molecule has 1 aliphatic heterocycles. The first-order valence-corrected chi connectivity index (χ1v) is 10.4. The average Bonchev–Trinajstić information content (AvgIpc) is 3.53. The van der Waals surface area contributed by atoms with Crippen molar-refractivity contribution >= 4 is 28.9 Å². The lowest BCUT2D eigenvalue weighted by atomic mass is 10.00. The molecule has 30 heavy (non-hydrogen) atoms. The molecular weight excluding hydrogens is 404 g/mol. The van der Waals surface area contributed by atoms with Crippen LogP contribution in [0.15, 0.2) is 69.7 Å². The fourth-order valence-corrected chi connectivity index (χ4v) is 3.99. The highest BCUT2D eigenvalue weighted by atomic mass is 32.1. The molecule has 0 N–H and O–H groups in total. The van der Waals surface area contributed by atoms with Gasteiger partial charge in [-0.25, -0.2) is 9.80 Å². The van der Waals surface area contributed by atoms with Gasteiger partial charge in [0.25, 0.3) is 0 Å². The molecule has 0 saturated heterocycles. The second-order valence-electron chi connectivity index (χ2n) is 6.50. The predicted octanol–water partition coefficient (Wildman–Crippen LogP) is 4.27. The summed E-state index contributed by atoms with van der Waals surface area (Å²) >= 11 is 1.57. The topological polar surface area (TPSA) is 81.3 Å². The van der Waals surface area contributed by atoms with Crippen molar-refractivity contribution in [1.82, 2.24) is 5.01 Å². The number of hydrogen-bond donors (Lipinski definition) is 0. The van der Waals surface area contributed by atoms with E-state index in [4.69, 9.17) is 13.9 Å². The van der Waals surface area contributed by atoms with Gasteiger partial charge in [0.1, 0.15) is 5.75 Å². The molecule has 2 aromatic heterocycles. The van der Waals surface area contributed by atoms with Crippen molar-refractivity contribution in [2.24, 2.45) is 5.10 Å². The van der Waals surface area contributed by atoms with Crippen molar-refractivity contribution in [1.29, 1.82) is 0 Å². The summed E-state index contributed by atoms with van der Waals surface area (Å²) < 4.78 is 16.0. The molecule has 0 saturated carbocycles. The first-order chi connectivity index (χ1) is 14.7. The molecule has 0 bridgehead atoms. The largest absolute Gasteiger partial charge is 0.482 e. The minimum atomic E-state index is -0.447. The van der Waals surface area contributed by atoms with Crippen LogP contribution in [0.25, 0.3) is 0 Å². The molecule has 8 heteroatoms. The van der Waals surface area contributed by atoms with E-state index in [9.17, 15) is 9.59 Å². The molecule has 1 amide bonds. The maximum atomic E-state index is 13.1. The van der Waals surface area contributed by atoms with E-state index in [1.165, 1.54) is 11.3 Å². The molecular formula is C22H20N2O5S. The van der Waals surface area contributed by atoms with Gasteiger partial charge in [-0.15, -0.1) is 11.3 Å². The van der Waals surface area contributed by atoms with Crippen molar-refractivity contribution in [3.8, 4) is 5.75 Å². The van der Waals surface area contributed by atoms with Gasteiger partial charge < -0.3 is 13.9 Å².